The molecular formula is C49H91NO3. The van der Waals surface area contributed by atoms with E-state index in [0.717, 1.165) is 38.5 Å². The van der Waals surface area contributed by atoms with Crippen LogP contribution >= 0.6 is 0 Å². The number of carbonyl (C=O) groups is 1. The summed E-state index contributed by atoms with van der Waals surface area (Å²) >= 11 is 0. The van der Waals surface area contributed by atoms with Crippen LogP contribution in [0.25, 0.3) is 0 Å². The van der Waals surface area contributed by atoms with Gasteiger partial charge in [-0.3, -0.25) is 4.79 Å². The summed E-state index contributed by atoms with van der Waals surface area (Å²) in [6, 6.07) is -0.645. The quantitative estimate of drug-likeness (QED) is 0.0431. The van der Waals surface area contributed by atoms with Crippen molar-refractivity contribution < 1.29 is 15.0 Å². The molecule has 53 heavy (non-hydrogen) atoms. The Morgan fingerprint density at radius 3 is 1.11 bits per heavy atom. The van der Waals surface area contributed by atoms with Crippen molar-refractivity contribution in [1.29, 1.82) is 0 Å². The number of unbranched alkanes of at least 4 members (excludes halogenated alkanes) is 29. The third kappa shape index (κ3) is 41.4. The van der Waals surface area contributed by atoms with Crippen molar-refractivity contribution in [3.63, 3.8) is 0 Å². The molecule has 0 aliphatic heterocycles. The van der Waals surface area contributed by atoms with Crippen molar-refractivity contribution in [1.82, 2.24) is 5.32 Å². The Hall–Kier alpha value is -1.65. The zero-order valence-corrected chi connectivity index (χ0v) is 35.5. The van der Waals surface area contributed by atoms with Gasteiger partial charge in [-0.1, -0.05) is 210 Å². The third-order valence-corrected chi connectivity index (χ3v) is 10.5. The predicted molar refractivity (Wildman–Crippen MR) is 235 cm³/mol. The van der Waals surface area contributed by atoms with Gasteiger partial charge in [0.05, 0.1) is 18.8 Å². The maximum Gasteiger partial charge on any atom is 0.220 e. The van der Waals surface area contributed by atoms with Gasteiger partial charge in [-0.15, -0.1) is 0 Å². The molecule has 0 spiro atoms. The zero-order valence-electron chi connectivity index (χ0n) is 35.5. The predicted octanol–water partition coefficient (Wildman–Crippen LogP) is 14.7. The second-order valence-electron chi connectivity index (χ2n) is 15.8. The molecule has 0 aliphatic rings. The normalized spacial score (nSPS) is 13.4. The van der Waals surface area contributed by atoms with Gasteiger partial charge >= 0.3 is 0 Å². The van der Waals surface area contributed by atoms with Gasteiger partial charge in [0.15, 0.2) is 0 Å². The van der Waals surface area contributed by atoms with Gasteiger partial charge in [0, 0.05) is 6.42 Å². The molecule has 310 valence electrons. The van der Waals surface area contributed by atoms with Crippen LogP contribution in [0.2, 0.25) is 0 Å². The smallest absolute Gasteiger partial charge is 0.220 e. The van der Waals surface area contributed by atoms with Crippen molar-refractivity contribution >= 4 is 5.91 Å². The molecular weight excluding hydrogens is 651 g/mol. The summed E-state index contributed by atoms with van der Waals surface area (Å²) in [5.74, 6) is -0.0791. The molecule has 1 amide bonds. The van der Waals surface area contributed by atoms with Gasteiger partial charge in [0.1, 0.15) is 0 Å². The highest BCUT2D eigenvalue weighted by Gasteiger charge is 2.17. The molecule has 2 unspecified atom stereocenters. The second-order valence-corrected chi connectivity index (χ2v) is 15.8. The van der Waals surface area contributed by atoms with Crippen molar-refractivity contribution in [3.05, 3.63) is 48.6 Å². The van der Waals surface area contributed by atoms with Crippen LogP contribution in [0.5, 0.6) is 0 Å². The van der Waals surface area contributed by atoms with Crippen molar-refractivity contribution in [2.45, 2.75) is 251 Å². The first-order valence-electron chi connectivity index (χ1n) is 23.4. The van der Waals surface area contributed by atoms with E-state index in [4.69, 9.17) is 0 Å². The Kier molecular flexibility index (Phi) is 43.4. The molecule has 0 saturated carbocycles. The van der Waals surface area contributed by atoms with E-state index < -0.39 is 12.1 Å². The number of hydrogen-bond donors (Lipinski definition) is 3. The number of amides is 1. The molecule has 0 bridgehead atoms. The van der Waals surface area contributed by atoms with E-state index in [1.165, 1.54) is 180 Å². The average Bonchev–Trinajstić information content (AvgIpc) is 3.16. The highest BCUT2D eigenvalue weighted by molar-refractivity contribution is 5.76. The standard InChI is InChI=1S/C49H91NO3/c1-3-5-7-9-11-13-15-17-19-20-21-22-23-24-25-26-27-28-29-30-31-33-35-37-39-41-43-45-49(53)50-47(46-51)48(52)44-42-40-38-36-34-32-18-16-14-12-10-8-6-4-2/h14,16,24-25,34,36,42,44,47-48,51-52H,3-13,15,17-23,26-33,35,37-41,43,45-46H2,1-2H3,(H,50,53)/b16-14+,25-24-,36-34+,44-42+. The number of hydrogen-bond acceptors (Lipinski definition) is 3. The van der Waals surface area contributed by atoms with E-state index in [1.807, 2.05) is 6.08 Å². The molecule has 0 aromatic heterocycles. The van der Waals surface area contributed by atoms with E-state index in [-0.39, 0.29) is 12.5 Å². The number of nitrogens with one attached hydrogen (secondary N) is 1. The summed E-state index contributed by atoms with van der Waals surface area (Å²) in [7, 11) is 0. The number of aliphatic hydroxyl groups is 2. The van der Waals surface area contributed by atoms with E-state index in [2.05, 4.69) is 55.6 Å². The number of allylic oxidation sites excluding steroid dienone is 7. The first kappa shape index (κ1) is 51.4. The summed E-state index contributed by atoms with van der Waals surface area (Å²) in [6.45, 7) is 4.28. The number of rotatable bonds is 42. The second kappa shape index (κ2) is 44.7. The number of carbonyl (C=O) groups excluding carboxylic acids is 1. The fourth-order valence-corrected chi connectivity index (χ4v) is 6.91. The van der Waals surface area contributed by atoms with E-state index in [1.54, 1.807) is 6.08 Å². The van der Waals surface area contributed by atoms with Gasteiger partial charge in [-0.25, -0.2) is 0 Å². The van der Waals surface area contributed by atoms with Gasteiger partial charge in [0.25, 0.3) is 0 Å². The molecule has 0 aromatic rings. The topological polar surface area (TPSA) is 69.6 Å². The van der Waals surface area contributed by atoms with Crippen molar-refractivity contribution in [2.24, 2.45) is 0 Å². The first-order valence-corrected chi connectivity index (χ1v) is 23.4. The molecule has 0 heterocycles. The maximum absolute atomic E-state index is 12.4. The minimum atomic E-state index is -0.869. The van der Waals surface area contributed by atoms with Crippen LogP contribution in [0.1, 0.15) is 239 Å². The van der Waals surface area contributed by atoms with Crippen LogP contribution in [0.3, 0.4) is 0 Å². The van der Waals surface area contributed by atoms with Crippen molar-refractivity contribution in [2.75, 3.05) is 6.61 Å². The molecule has 4 nitrogen and oxygen atoms in total. The lowest BCUT2D eigenvalue weighted by Crippen LogP contribution is -2.45. The van der Waals surface area contributed by atoms with E-state index in [0.29, 0.717) is 6.42 Å². The van der Waals surface area contributed by atoms with Crippen LogP contribution < -0.4 is 5.32 Å². The summed E-state index contributed by atoms with van der Waals surface area (Å²) in [6.07, 6.45) is 60.9. The Morgan fingerprint density at radius 2 is 0.736 bits per heavy atom. The third-order valence-electron chi connectivity index (χ3n) is 10.5. The summed E-state index contributed by atoms with van der Waals surface area (Å²) < 4.78 is 0. The highest BCUT2D eigenvalue weighted by atomic mass is 16.3. The monoisotopic (exact) mass is 742 g/mol. The summed E-state index contributed by atoms with van der Waals surface area (Å²) in [5, 5.41) is 23.0. The van der Waals surface area contributed by atoms with Crippen LogP contribution in [0.15, 0.2) is 48.6 Å². The Bertz CT molecular complexity index is 847. The van der Waals surface area contributed by atoms with Crippen LogP contribution in [0, 0.1) is 0 Å². The minimum Gasteiger partial charge on any atom is -0.394 e. The fraction of sp³-hybridized carbons (Fsp3) is 0.816. The molecule has 0 rings (SSSR count). The first-order chi connectivity index (χ1) is 26.2. The largest absolute Gasteiger partial charge is 0.394 e. The average molecular weight is 742 g/mol. The Morgan fingerprint density at radius 1 is 0.434 bits per heavy atom. The molecule has 0 radical (unpaired) electrons. The van der Waals surface area contributed by atoms with E-state index >= 15 is 0 Å². The lowest BCUT2D eigenvalue weighted by molar-refractivity contribution is -0.123. The van der Waals surface area contributed by atoms with Crippen LogP contribution in [-0.4, -0.2) is 34.9 Å². The zero-order chi connectivity index (χ0) is 38.6. The minimum absolute atomic E-state index is 0.0791. The maximum atomic E-state index is 12.4. The lowest BCUT2D eigenvalue weighted by Gasteiger charge is -2.19. The molecule has 0 aromatic carbocycles. The summed E-state index contributed by atoms with van der Waals surface area (Å²) in [4.78, 5) is 12.4. The van der Waals surface area contributed by atoms with Crippen LogP contribution in [0.4, 0.5) is 0 Å². The summed E-state index contributed by atoms with van der Waals surface area (Å²) in [5.41, 5.74) is 0. The van der Waals surface area contributed by atoms with Crippen LogP contribution in [-0.2, 0) is 4.79 Å². The van der Waals surface area contributed by atoms with Gasteiger partial charge in [-0.05, 0) is 70.6 Å². The highest BCUT2D eigenvalue weighted by Crippen LogP contribution is 2.15. The van der Waals surface area contributed by atoms with Gasteiger partial charge < -0.3 is 15.5 Å². The molecule has 2 atom stereocenters. The number of aliphatic hydroxyl groups excluding tert-OH is 2. The van der Waals surface area contributed by atoms with Gasteiger partial charge in [0.2, 0.25) is 5.91 Å². The van der Waals surface area contributed by atoms with Crippen molar-refractivity contribution in [3.8, 4) is 0 Å². The molecule has 0 fully saturated rings. The Balaban J connectivity index is 3.54. The molecule has 3 N–H and O–H groups in total. The Labute approximate surface area is 331 Å². The molecule has 0 saturated heterocycles. The van der Waals surface area contributed by atoms with Gasteiger partial charge in [-0.2, -0.15) is 0 Å². The van der Waals surface area contributed by atoms with E-state index in [9.17, 15) is 15.0 Å². The molecule has 0 aliphatic carbocycles. The lowest BCUT2D eigenvalue weighted by atomic mass is 10.0. The fourth-order valence-electron chi connectivity index (χ4n) is 6.91. The molecule has 4 heteroatoms. The SMILES string of the molecule is CCCCCC/C=C/CC/C=C/CC/C=C/C(O)C(CO)NC(=O)CCCCCCCCCCCCC/C=C\CCCCCCCCCCCCCC.